The van der Waals surface area contributed by atoms with Crippen molar-refractivity contribution >= 4 is 23.8 Å². The monoisotopic (exact) mass is 389 g/mol. The van der Waals surface area contributed by atoms with Crippen molar-refractivity contribution in [3.05, 3.63) is 53.9 Å². The Morgan fingerprint density at radius 3 is 2.97 bits per heavy atom. The molecule has 148 valence electrons. The van der Waals surface area contributed by atoms with Crippen LogP contribution in [0.3, 0.4) is 0 Å². The predicted molar refractivity (Wildman–Crippen MR) is 114 cm³/mol. The van der Waals surface area contributed by atoms with Crippen LogP contribution in [0.25, 0.3) is 11.2 Å². The standard InChI is InChI=1S/C21H24BN5O2/c1-4-14(9-15(5-2)20(24)28)17-12-25-27-19(29-3)10-18(26-21(17)27)16-7-6-8-22(11-16)13-23/h4-5,9-10,12,16H,2,6-8,11H2,1,3H3,(H2,24,28)/b14-4+,15-9+. The third kappa shape index (κ3) is 4.09. The summed E-state index contributed by atoms with van der Waals surface area (Å²) in [6, 6.07) is 1.90. The Morgan fingerprint density at radius 2 is 2.34 bits per heavy atom. The number of rotatable bonds is 6. The fraction of sp³-hybridized carbons (Fsp3) is 0.333. The number of aromatic nitrogens is 3. The van der Waals surface area contributed by atoms with Gasteiger partial charge in [-0.05, 0) is 30.9 Å². The Hall–Kier alpha value is -3.34. The van der Waals surface area contributed by atoms with Crippen molar-refractivity contribution in [2.24, 2.45) is 5.73 Å². The quantitative estimate of drug-likeness (QED) is 0.464. The molecule has 1 saturated heterocycles. The second-order valence-corrected chi connectivity index (χ2v) is 7.12. The van der Waals surface area contributed by atoms with Crippen molar-refractivity contribution in [3.8, 4) is 11.8 Å². The molecule has 0 aliphatic carbocycles. The van der Waals surface area contributed by atoms with Gasteiger partial charge in [-0.1, -0.05) is 37.8 Å². The second-order valence-electron chi connectivity index (χ2n) is 7.12. The molecule has 3 rings (SSSR count). The first-order chi connectivity index (χ1) is 14.0. The van der Waals surface area contributed by atoms with Crippen molar-refractivity contribution in [2.45, 2.75) is 38.3 Å². The molecule has 1 aliphatic rings. The minimum atomic E-state index is -0.549. The van der Waals surface area contributed by atoms with E-state index in [2.05, 4.69) is 17.6 Å². The van der Waals surface area contributed by atoms with Crippen molar-refractivity contribution in [2.75, 3.05) is 7.11 Å². The van der Waals surface area contributed by atoms with E-state index in [0.717, 1.165) is 42.3 Å². The smallest absolute Gasteiger partial charge is 0.268 e. The molecule has 1 fully saturated rings. The van der Waals surface area contributed by atoms with Crippen molar-refractivity contribution < 1.29 is 9.53 Å². The number of ether oxygens (including phenoxy) is 1. The summed E-state index contributed by atoms with van der Waals surface area (Å²) in [5, 5.41) is 13.7. The SMILES string of the molecule is C=C/C(=C\C(=C/C)c1cnn2c(OC)cc(C3CCCB(C#N)C3)nc12)C(N)=O. The summed E-state index contributed by atoms with van der Waals surface area (Å²) >= 11 is 0. The summed E-state index contributed by atoms with van der Waals surface area (Å²) in [6.45, 7) is 5.58. The first kappa shape index (κ1) is 20.4. The molecule has 0 spiro atoms. The Kier molecular flexibility index (Phi) is 6.18. The van der Waals surface area contributed by atoms with Gasteiger partial charge in [0, 0.05) is 23.2 Å². The maximum atomic E-state index is 11.6. The fourth-order valence-electron chi connectivity index (χ4n) is 3.80. The maximum Gasteiger partial charge on any atom is 0.268 e. The van der Waals surface area contributed by atoms with Crippen molar-refractivity contribution in [3.63, 3.8) is 0 Å². The van der Waals surface area contributed by atoms with E-state index in [9.17, 15) is 10.1 Å². The van der Waals surface area contributed by atoms with Crippen LogP contribution in [0.15, 0.2) is 42.6 Å². The van der Waals surface area contributed by atoms with E-state index in [1.165, 1.54) is 6.08 Å². The molecule has 2 N–H and O–H groups in total. The molecule has 29 heavy (non-hydrogen) atoms. The minimum Gasteiger partial charge on any atom is -0.481 e. The van der Waals surface area contributed by atoms with Crippen LogP contribution in [0.4, 0.5) is 0 Å². The van der Waals surface area contributed by atoms with E-state index >= 15 is 0 Å². The summed E-state index contributed by atoms with van der Waals surface area (Å²) in [5.41, 5.74) is 8.79. The van der Waals surface area contributed by atoms with E-state index in [-0.39, 0.29) is 12.6 Å². The molecule has 8 heteroatoms. The molecule has 3 heterocycles. The lowest BCUT2D eigenvalue weighted by molar-refractivity contribution is -0.114. The lowest BCUT2D eigenvalue weighted by Crippen LogP contribution is -2.21. The largest absolute Gasteiger partial charge is 0.481 e. The Labute approximate surface area is 170 Å². The van der Waals surface area contributed by atoms with Gasteiger partial charge in [-0.15, -0.1) is 0 Å². The highest BCUT2D eigenvalue weighted by molar-refractivity contribution is 6.67. The number of nitriles is 1. The molecular weight excluding hydrogens is 365 g/mol. The number of allylic oxidation sites excluding steroid dienone is 3. The van der Waals surface area contributed by atoms with Crippen LogP contribution in [0, 0.1) is 11.2 Å². The number of hydrogen-bond donors (Lipinski definition) is 1. The highest BCUT2D eigenvalue weighted by Gasteiger charge is 2.28. The molecule has 2 aromatic rings. The van der Waals surface area contributed by atoms with E-state index < -0.39 is 5.91 Å². The molecule has 0 radical (unpaired) electrons. The van der Waals surface area contributed by atoms with E-state index in [1.54, 1.807) is 23.9 Å². The Morgan fingerprint density at radius 1 is 1.55 bits per heavy atom. The summed E-state index contributed by atoms with van der Waals surface area (Å²) in [6.07, 6.45) is 10.4. The topological polar surface area (TPSA) is 106 Å². The molecule has 0 saturated carbocycles. The van der Waals surface area contributed by atoms with Crippen LogP contribution in [-0.2, 0) is 4.79 Å². The zero-order valence-corrected chi connectivity index (χ0v) is 16.8. The molecule has 1 unspecified atom stereocenters. The van der Waals surface area contributed by atoms with Gasteiger partial charge in [0.05, 0.1) is 19.0 Å². The molecule has 1 atom stereocenters. The van der Waals surface area contributed by atoms with Gasteiger partial charge < -0.3 is 10.5 Å². The zero-order valence-electron chi connectivity index (χ0n) is 16.8. The molecule has 0 aromatic carbocycles. The minimum absolute atomic E-state index is 0.0573. The normalized spacial score (nSPS) is 17.8. The van der Waals surface area contributed by atoms with E-state index in [4.69, 9.17) is 15.5 Å². The first-order valence-electron chi connectivity index (χ1n) is 9.65. The Bertz CT molecular complexity index is 1050. The van der Waals surface area contributed by atoms with Crippen LogP contribution < -0.4 is 10.5 Å². The summed E-state index contributed by atoms with van der Waals surface area (Å²) in [7, 11) is 1.60. The molecule has 1 amide bonds. The van der Waals surface area contributed by atoms with Crippen LogP contribution in [0.2, 0.25) is 12.6 Å². The number of fused-ring (bicyclic) bond motifs is 1. The van der Waals surface area contributed by atoms with Crippen molar-refractivity contribution in [1.29, 1.82) is 5.26 Å². The van der Waals surface area contributed by atoms with Gasteiger partial charge in [0.2, 0.25) is 11.8 Å². The lowest BCUT2D eigenvalue weighted by atomic mass is 9.41. The number of hydrogen-bond acceptors (Lipinski definition) is 5. The summed E-state index contributed by atoms with van der Waals surface area (Å²) < 4.78 is 7.19. The third-order valence-corrected chi connectivity index (χ3v) is 5.38. The van der Waals surface area contributed by atoms with Gasteiger partial charge in [0.15, 0.2) is 5.65 Å². The predicted octanol–water partition coefficient (Wildman–Crippen LogP) is 3.17. The lowest BCUT2D eigenvalue weighted by Gasteiger charge is -2.23. The average Bonchev–Trinajstić information content (AvgIpc) is 3.17. The highest BCUT2D eigenvalue weighted by Crippen LogP contribution is 2.35. The van der Waals surface area contributed by atoms with Crippen molar-refractivity contribution in [1.82, 2.24) is 14.6 Å². The number of carbonyl (C=O) groups excluding carboxylic acids is 1. The van der Waals surface area contributed by atoms with Crippen LogP contribution in [0.5, 0.6) is 5.88 Å². The first-order valence-corrected chi connectivity index (χ1v) is 9.65. The van der Waals surface area contributed by atoms with Gasteiger partial charge in [-0.25, -0.2) is 10.2 Å². The molecule has 2 aromatic heterocycles. The Balaban J connectivity index is 2.12. The summed E-state index contributed by atoms with van der Waals surface area (Å²) in [4.78, 5) is 16.5. The van der Waals surface area contributed by atoms with Crippen LogP contribution in [0.1, 0.15) is 36.9 Å². The number of primary amides is 1. The van der Waals surface area contributed by atoms with E-state index in [1.807, 2.05) is 19.1 Å². The van der Waals surface area contributed by atoms with Gasteiger partial charge in [0.1, 0.15) is 0 Å². The van der Waals surface area contributed by atoms with Gasteiger partial charge in [0.25, 0.3) is 6.71 Å². The molecule has 1 aliphatic heterocycles. The van der Waals surface area contributed by atoms with Crippen LogP contribution in [-0.4, -0.2) is 34.3 Å². The highest BCUT2D eigenvalue weighted by atomic mass is 16.5. The summed E-state index contributed by atoms with van der Waals surface area (Å²) in [5.74, 6) is 2.63. The number of carbonyl (C=O) groups is 1. The average molecular weight is 389 g/mol. The zero-order chi connectivity index (χ0) is 21.0. The number of nitrogens with zero attached hydrogens (tertiary/aromatic N) is 4. The number of methoxy groups -OCH3 is 1. The molecule has 7 nitrogen and oxygen atoms in total. The van der Waals surface area contributed by atoms with Gasteiger partial charge in [-0.2, -0.15) is 9.61 Å². The third-order valence-electron chi connectivity index (χ3n) is 5.38. The van der Waals surface area contributed by atoms with Gasteiger partial charge in [-0.3, -0.25) is 4.79 Å². The van der Waals surface area contributed by atoms with Crippen LogP contribution >= 0.6 is 0 Å². The maximum absolute atomic E-state index is 11.6. The molecule has 0 bridgehead atoms. The number of amides is 1. The van der Waals surface area contributed by atoms with E-state index in [0.29, 0.717) is 17.1 Å². The number of nitrogens with two attached hydrogens (primary N) is 1. The molecular formula is C21H24BN5O2. The second kappa shape index (κ2) is 8.78. The fourth-order valence-corrected chi connectivity index (χ4v) is 3.80. The van der Waals surface area contributed by atoms with Gasteiger partial charge >= 0.3 is 0 Å².